The number of hydrogen-bond donors (Lipinski definition) is 0. The molecule has 0 N–H and O–H groups in total. The Balaban J connectivity index is 3.08. The first kappa shape index (κ1) is 16.7. The molecule has 0 bridgehead atoms. The SMILES string of the molecule is C=CCCCCCCCCCOC(=O)[C@@H](C)Br. The van der Waals surface area contributed by atoms with Crippen molar-refractivity contribution in [2.24, 2.45) is 0 Å². The van der Waals surface area contributed by atoms with Gasteiger partial charge in [-0.3, -0.25) is 4.79 Å². The molecular weight excluding hydrogens is 280 g/mol. The van der Waals surface area contributed by atoms with Gasteiger partial charge < -0.3 is 4.74 Å². The maximum Gasteiger partial charge on any atom is 0.319 e. The van der Waals surface area contributed by atoms with Gasteiger partial charge in [0.1, 0.15) is 4.83 Å². The smallest absolute Gasteiger partial charge is 0.319 e. The highest BCUT2D eigenvalue weighted by Crippen LogP contribution is 2.09. The average molecular weight is 305 g/mol. The maximum absolute atomic E-state index is 11.1. The third-order valence-electron chi connectivity index (χ3n) is 2.62. The largest absolute Gasteiger partial charge is 0.465 e. The van der Waals surface area contributed by atoms with Gasteiger partial charge in [0.05, 0.1) is 6.61 Å². The summed E-state index contributed by atoms with van der Waals surface area (Å²) in [6, 6.07) is 0. The van der Waals surface area contributed by atoms with Gasteiger partial charge in [-0.25, -0.2) is 0 Å². The molecule has 0 radical (unpaired) electrons. The highest BCUT2D eigenvalue weighted by molar-refractivity contribution is 9.10. The Labute approximate surface area is 114 Å². The Morgan fingerprint density at radius 2 is 1.71 bits per heavy atom. The van der Waals surface area contributed by atoms with Gasteiger partial charge in [0.15, 0.2) is 0 Å². The molecule has 0 rings (SSSR count). The lowest BCUT2D eigenvalue weighted by molar-refractivity contribution is -0.142. The number of unbranched alkanes of at least 4 members (excludes halogenated alkanes) is 7. The number of rotatable bonds is 11. The Bertz CT molecular complexity index is 202. The van der Waals surface area contributed by atoms with Crippen LogP contribution in [0.5, 0.6) is 0 Å². The number of esters is 1. The molecule has 0 saturated heterocycles. The summed E-state index contributed by atoms with van der Waals surface area (Å²) in [4.78, 5) is 10.9. The first-order valence-corrected chi connectivity index (χ1v) is 7.51. The molecule has 3 heteroatoms. The molecule has 0 aliphatic heterocycles. The van der Waals surface area contributed by atoms with Crippen LogP contribution in [-0.2, 0) is 9.53 Å². The fourth-order valence-corrected chi connectivity index (χ4v) is 1.69. The molecular formula is C14H25BrO2. The van der Waals surface area contributed by atoms with Gasteiger partial charge in [0.2, 0.25) is 0 Å². The van der Waals surface area contributed by atoms with Crippen LogP contribution in [0.25, 0.3) is 0 Å². The van der Waals surface area contributed by atoms with Crippen molar-refractivity contribution in [2.75, 3.05) is 6.61 Å². The molecule has 2 nitrogen and oxygen atoms in total. The van der Waals surface area contributed by atoms with Crippen LogP contribution in [0.1, 0.15) is 58.3 Å². The van der Waals surface area contributed by atoms with Crippen LogP contribution in [0.15, 0.2) is 12.7 Å². The van der Waals surface area contributed by atoms with Crippen molar-refractivity contribution in [1.29, 1.82) is 0 Å². The molecule has 0 heterocycles. The zero-order valence-corrected chi connectivity index (χ0v) is 12.5. The molecule has 0 spiro atoms. The van der Waals surface area contributed by atoms with Crippen LogP contribution in [0.4, 0.5) is 0 Å². The van der Waals surface area contributed by atoms with Gasteiger partial charge in [-0.15, -0.1) is 6.58 Å². The third kappa shape index (κ3) is 11.9. The van der Waals surface area contributed by atoms with Crippen LogP contribution in [0.2, 0.25) is 0 Å². The third-order valence-corrected chi connectivity index (χ3v) is 3.00. The molecule has 0 aliphatic rings. The van der Waals surface area contributed by atoms with E-state index in [4.69, 9.17) is 4.74 Å². The van der Waals surface area contributed by atoms with E-state index in [-0.39, 0.29) is 10.8 Å². The van der Waals surface area contributed by atoms with Gasteiger partial charge in [0.25, 0.3) is 0 Å². The van der Waals surface area contributed by atoms with Crippen molar-refractivity contribution in [3.63, 3.8) is 0 Å². The quantitative estimate of drug-likeness (QED) is 0.241. The van der Waals surface area contributed by atoms with E-state index in [1.165, 1.54) is 32.1 Å². The Hall–Kier alpha value is -0.310. The van der Waals surface area contributed by atoms with E-state index in [0.717, 1.165) is 19.3 Å². The topological polar surface area (TPSA) is 26.3 Å². The highest BCUT2D eigenvalue weighted by atomic mass is 79.9. The molecule has 1 atom stereocenters. The van der Waals surface area contributed by atoms with E-state index >= 15 is 0 Å². The van der Waals surface area contributed by atoms with Crippen molar-refractivity contribution in [1.82, 2.24) is 0 Å². The summed E-state index contributed by atoms with van der Waals surface area (Å²) in [5, 5.41) is 0. The van der Waals surface area contributed by atoms with Crippen molar-refractivity contribution in [3.8, 4) is 0 Å². The Morgan fingerprint density at radius 1 is 1.18 bits per heavy atom. The summed E-state index contributed by atoms with van der Waals surface area (Å²) in [7, 11) is 0. The number of carbonyl (C=O) groups is 1. The zero-order chi connectivity index (χ0) is 12.9. The van der Waals surface area contributed by atoms with Crippen LogP contribution in [0.3, 0.4) is 0 Å². The number of ether oxygens (including phenoxy) is 1. The lowest BCUT2D eigenvalue weighted by atomic mass is 10.1. The van der Waals surface area contributed by atoms with Crippen molar-refractivity contribution < 1.29 is 9.53 Å². The summed E-state index contributed by atoms with van der Waals surface area (Å²) in [5.41, 5.74) is 0. The first-order valence-electron chi connectivity index (χ1n) is 6.60. The minimum Gasteiger partial charge on any atom is -0.465 e. The molecule has 0 aromatic carbocycles. The van der Waals surface area contributed by atoms with E-state index in [1.807, 2.05) is 6.08 Å². The van der Waals surface area contributed by atoms with E-state index in [2.05, 4.69) is 22.5 Å². The van der Waals surface area contributed by atoms with Crippen molar-refractivity contribution in [2.45, 2.75) is 63.1 Å². The maximum atomic E-state index is 11.1. The number of alkyl halides is 1. The fourth-order valence-electron chi connectivity index (χ4n) is 1.56. The van der Waals surface area contributed by atoms with E-state index in [9.17, 15) is 4.79 Å². The summed E-state index contributed by atoms with van der Waals surface area (Å²) in [5.74, 6) is -0.158. The normalized spacial score (nSPS) is 12.1. The Kier molecular flexibility index (Phi) is 11.9. The molecule has 0 aromatic rings. The Morgan fingerprint density at radius 3 is 2.24 bits per heavy atom. The molecule has 17 heavy (non-hydrogen) atoms. The molecule has 0 aliphatic carbocycles. The number of carbonyl (C=O) groups excluding carboxylic acids is 1. The van der Waals surface area contributed by atoms with Gasteiger partial charge in [0, 0.05) is 0 Å². The zero-order valence-electron chi connectivity index (χ0n) is 10.9. The molecule has 0 amide bonds. The number of halogens is 1. The van der Waals surface area contributed by atoms with Crippen molar-refractivity contribution in [3.05, 3.63) is 12.7 Å². The summed E-state index contributed by atoms with van der Waals surface area (Å²) < 4.78 is 5.07. The minimum absolute atomic E-state index is 0.158. The van der Waals surface area contributed by atoms with E-state index in [1.54, 1.807) is 6.92 Å². The van der Waals surface area contributed by atoms with Gasteiger partial charge >= 0.3 is 5.97 Å². The van der Waals surface area contributed by atoms with E-state index in [0.29, 0.717) is 6.61 Å². The van der Waals surface area contributed by atoms with Crippen LogP contribution < -0.4 is 0 Å². The number of allylic oxidation sites excluding steroid dienone is 1. The monoisotopic (exact) mass is 304 g/mol. The fraction of sp³-hybridized carbons (Fsp3) is 0.786. The molecule has 100 valence electrons. The highest BCUT2D eigenvalue weighted by Gasteiger charge is 2.08. The predicted octanol–water partition coefficient (Wildman–Crippen LogP) is 4.62. The summed E-state index contributed by atoms with van der Waals surface area (Å²) in [6.45, 7) is 6.05. The van der Waals surface area contributed by atoms with Gasteiger partial charge in [-0.2, -0.15) is 0 Å². The first-order chi connectivity index (χ1) is 8.18. The van der Waals surface area contributed by atoms with Gasteiger partial charge in [-0.1, -0.05) is 54.1 Å². The van der Waals surface area contributed by atoms with E-state index < -0.39 is 0 Å². The molecule has 0 fully saturated rings. The minimum atomic E-state index is -0.188. The molecule has 0 unspecified atom stereocenters. The lowest BCUT2D eigenvalue weighted by Gasteiger charge is -2.05. The predicted molar refractivity (Wildman–Crippen MR) is 76.5 cm³/mol. The van der Waals surface area contributed by atoms with Crippen LogP contribution in [-0.4, -0.2) is 17.4 Å². The number of hydrogen-bond acceptors (Lipinski definition) is 2. The average Bonchev–Trinajstić information content (AvgIpc) is 2.31. The molecule has 0 aromatic heterocycles. The second kappa shape index (κ2) is 12.2. The second-order valence-electron chi connectivity index (χ2n) is 4.34. The van der Waals surface area contributed by atoms with Gasteiger partial charge in [-0.05, 0) is 26.2 Å². The van der Waals surface area contributed by atoms with Crippen molar-refractivity contribution >= 4 is 21.9 Å². The molecule has 0 saturated carbocycles. The second-order valence-corrected chi connectivity index (χ2v) is 5.71. The summed E-state index contributed by atoms with van der Waals surface area (Å²) in [6.07, 6.45) is 11.7. The summed E-state index contributed by atoms with van der Waals surface area (Å²) >= 11 is 3.18. The van der Waals surface area contributed by atoms with Crippen LogP contribution in [0, 0.1) is 0 Å². The lowest BCUT2D eigenvalue weighted by Crippen LogP contribution is -2.14. The standard InChI is InChI=1S/C14H25BrO2/c1-3-4-5-6-7-8-9-10-11-12-17-14(16)13(2)15/h3,13H,1,4-12H2,2H3/t13-/m1/s1. The van der Waals surface area contributed by atoms with Crippen LogP contribution >= 0.6 is 15.9 Å².